The molecule has 23 heavy (non-hydrogen) atoms. The number of hydrogen-bond acceptors (Lipinski definition) is 4. The predicted octanol–water partition coefficient (Wildman–Crippen LogP) is 2.36. The number of rotatable bonds is 2. The van der Waals surface area contributed by atoms with E-state index in [9.17, 15) is 9.90 Å². The minimum absolute atomic E-state index is 0.0480. The number of benzene rings is 1. The Kier molecular flexibility index (Phi) is 5.06. The lowest BCUT2D eigenvalue weighted by Gasteiger charge is -2.32. The summed E-state index contributed by atoms with van der Waals surface area (Å²) in [5.41, 5.74) is 0.980. The SMILES string of the molecule is COc1cccc2c1OCCCN(C(=O)[C@@H]1CCC[C@@H](O)C1)C2. The van der Waals surface area contributed by atoms with Crippen LogP contribution in [-0.4, -0.2) is 42.3 Å². The zero-order valence-electron chi connectivity index (χ0n) is 13.7. The average molecular weight is 319 g/mol. The van der Waals surface area contributed by atoms with Crippen molar-refractivity contribution in [2.24, 2.45) is 5.92 Å². The van der Waals surface area contributed by atoms with E-state index in [4.69, 9.17) is 9.47 Å². The average Bonchev–Trinajstić information content (AvgIpc) is 2.54. The molecule has 1 N–H and O–H groups in total. The summed E-state index contributed by atoms with van der Waals surface area (Å²) in [5.74, 6) is 1.58. The summed E-state index contributed by atoms with van der Waals surface area (Å²) in [6.45, 7) is 1.81. The van der Waals surface area contributed by atoms with Crippen LogP contribution in [0.2, 0.25) is 0 Å². The fraction of sp³-hybridized carbons (Fsp3) is 0.611. The summed E-state index contributed by atoms with van der Waals surface area (Å²) in [4.78, 5) is 14.8. The molecule has 1 fully saturated rings. The lowest BCUT2D eigenvalue weighted by molar-refractivity contribution is -0.138. The van der Waals surface area contributed by atoms with E-state index < -0.39 is 0 Å². The van der Waals surface area contributed by atoms with Crippen molar-refractivity contribution in [1.29, 1.82) is 0 Å². The first-order chi connectivity index (χ1) is 11.2. The molecule has 126 valence electrons. The number of aliphatic hydroxyl groups excluding tert-OH is 1. The molecular formula is C18H25NO4. The third-order valence-electron chi connectivity index (χ3n) is 4.77. The Morgan fingerprint density at radius 3 is 3.00 bits per heavy atom. The van der Waals surface area contributed by atoms with Gasteiger partial charge in [-0.1, -0.05) is 18.6 Å². The Morgan fingerprint density at radius 1 is 1.35 bits per heavy atom. The van der Waals surface area contributed by atoms with Crippen LogP contribution in [0, 0.1) is 5.92 Å². The highest BCUT2D eigenvalue weighted by molar-refractivity contribution is 5.79. The second-order valence-electron chi connectivity index (χ2n) is 6.43. The van der Waals surface area contributed by atoms with E-state index in [1.807, 2.05) is 23.1 Å². The summed E-state index contributed by atoms with van der Waals surface area (Å²) < 4.78 is 11.2. The van der Waals surface area contributed by atoms with Crippen LogP contribution in [0.1, 0.15) is 37.7 Å². The molecule has 0 unspecified atom stereocenters. The molecule has 2 aliphatic rings. The Labute approximate surface area is 137 Å². The molecule has 1 aliphatic heterocycles. The maximum atomic E-state index is 12.9. The van der Waals surface area contributed by atoms with E-state index >= 15 is 0 Å². The predicted molar refractivity (Wildman–Crippen MR) is 86.5 cm³/mol. The minimum atomic E-state index is -0.330. The largest absolute Gasteiger partial charge is 0.493 e. The third-order valence-corrected chi connectivity index (χ3v) is 4.77. The number of nitrogens with zero attached hydrogens (tertiary/aromatic N) is 1. The van der Waals surface area contributed by atoms with Gasteiger partial charge in [-0.2, -0.15) is 0 Å². The second-order valence-corrected chi connectivity index (χ2v) is 6.43. The third kappa shape index (κ3) is 3.61. The van der Waals surface area contributed by atoms with Crippen molar-refractivity contribution in [2.75, 3.05) is 20.3 Å². The zero-order chi connectivity index (χ0) is 16.2. The smallest absolute Gasteiger partial charge is 0.226 e. The van der Waals surface area contributed by atoms with Gasteiger partial charge >= 0.3 is 0 Å². The van der Waals surface area contributed by atoms with Gasteiger partial charge in [0.1, 0.15) is 0 Å². The zero-order valence-corrected chi connectivity index (χ0v) is 13.7. The number of hydrogen-bond donors (Lipinski definition) is 1. The van der Waals surface area contributed by atoms with Crippen molar-refractivity contribution in [3.8, 4) is 11.5 Å². The van der Waals surface area contributed by atoms with Crippen LogP contribution in [0.4, 0.5) is 0 Å². The Morgan fingerprint density at radius 2 is 2.22 bits per heavy atom. The number of aliphatic hydroxyl groups is 1. The highest BCUT2D eigenvalue weighted by Crippen LogP contribution is 2.34. The Balaban J connectivity index is 1.79. The van der Waals surface area contributed by atoms with Gasteiger partial charge in [-0.15, -0.1) is 0 Å². The number of fused-ring (bicyclic) bond motifs is 1. The first kappa shape index (κ1) is 16.1. The molecule has 1 saturated carbocycles. The molecule has 5 heteroatoms. The standard InChI is InChI=1S/C18H25NO4/c1-22-16-8-3-6-14-12-19(9-4-10-23-17(14)16)18(21)13-5-2-7-15(20)11-13/h3,6,8,13,15,20H,2,4-5,7,9-12H2,1H3/t13-,15-/m1/s1. The molecule has 5 nitrogen and oxygen atoms in total. The van der Waals surface area contributed by atoms with E-state index in [-0.39, 0.29) is 17.9 Å². The van der Waals surface area contributed by atoms with Crippen LogP contribution in [0.3, 0.4) is 0 Å². The topological polar surface area (TPSA) is 59.0 Å². The molecule has 1 aromatic rings. The van der Waals surface area contributed by atoms with Crippen LogP contribution < -0.4 is 9.47 Å². The molecule has 0 spiro atoms. The Hall–Kier alpha value is -1.75. The van der Waals surface area contributed by atoms with Gasteiger partial charge in [-0.3, -0.25) is 4.79 Å². The number of ether oxygens (including phenoxy) is 2. The van der Waals surface area contributed by atoms with Crippen LogP contribution in [0.25, 0.3) is 0 Å². The Bertz CT molecular complexity index is 560. The van der Waals surface area contributed by atoms with Crippen molar-refractivity contribution in [2.45, 2.75) is 44.8 Å². The van der Waals surface area contributed by atoms with Crippen molar-refractivity contribution in [3.05, 3.63) is 23.8 Å². The van der Waals surface area contributed by atoms with Crippen LogP contribution >= 0.6 is 0 Å². The van der Waals surface area contributed by atoms with E-state index in [1.54, 1.807) is 7.11 Å². The molecule has 1 aliphatic carbocycles. The van der Waals surface area contributed by atoms with E-state index in [0.717, 1.165) is 37.0 Å². The molecule has 1 amide bonds. The first-order valence-electron chi connectivity index (χ1n) is 8.44. The minimum Gasteiger partial charge on any atom is -0.493 e. The summed E-state index contributed by atoms with van der Waals surface area (Å²) in [6.07, 6.45) is 3.70. The molecule has 0 radical (unpaired) electrons. The first-order valence-corrected chi connectivity index (χ1v) is 8.44. The van der Waals surface area contributed by atoms with Crippen molar-refractivity contribution < 1.29 is 19.4 Å². The van der Waals surface area contributed by atoms with Gasteiger partial charge < -0.3 is 19.5 Å². The molecule has 0 bridgehead atoms. The second kappa shape index (κ2) is 7.21. The van der Waals surface area contributed by atoms with Gasteiger partial charge in [0.25, 0.3) is 0 Å². The molecule has 1 heterocycles. The number of carbonyl (C=O) groups is 1. The lowest BCUT2D eigenvalue weighted by Crippen LogP contribution is -2.40. The van der Waals surface area contributed by atoms with Gasteiger partial charge in [-0.25, -0.2) is 0 Å². The monoisotopic (exact) mass is 319 g/mol. The fourth-order valence-corrected chi connectivity index (χ4v) is 3.56. The number of carbonyl (C=O) groups excluding carboxylic acids is 1. The maximum absolute atomic E-state index is 12.9. The number of methoxy groups -OCH3 is 1. The van der Waals surface area contributed by atoms with Gasteiger partial charge in [0.15, 0.2) is 11.5 Å². The van der Waals surface area contributed by atoms with Gasteiger partial charge in [0.2, 0.25) is 5.91 Å². The van der Waals surface area contributed by atoms with E-state index in [0.29, 0.717) is 31.9 Å². The number of amides is 1. The summed E-state index contributed by atoms with van der Waals surface area (Å²) in [6, 6.07) is 5.79. The van der Waals surface area contributed by atoms with Gasteiger partial charge in [0.05, 0.1) is 19.8 Å². The normalized spacial score (nSPS) is 24.9. The van der Waals surface area contributed by atoms with E-state index in [1.165, 1.54) is 0 Å². The molecule has 2 atom stereocenters. The summed E-state index contributed by atoms with van der Waals surface area (Å²) in [7, 11) is 1.63. The fourth-order valence-electron chi connectivity index (χ4n) is 3.56. The molecule has 0 aromatic heterocycles. The highest BCUT2D eigenvalue weighted by Gasteiger charge is 2.30. The lowest BCUT2D eigenvalue weighted by atomic mass is 9.86. The van der Waals surface area contributed by atoms with Crippen LogP contribution in [-0.2, 0) is 11.3 Å². The van der Waals surface area contributed by atoms with Crippen LogP contribution in [0.5, 0.6) is 11.5 Å². The molecular weight excluding hydrogens is 294 g/mol. The van der Waals surface area contributed by atoms with Crippen molar-refractivity contribution in [1.82, 2.24) is 4.90 Å². The van der Waals surface area contributed by atoms with E-state index in [2.05, 4.69) is 0 Å². The maximum Gasteiger partial charge on any atom is 0.226 e. The summed E-state index contributed by atoms with van der Waals surface area (Å²) >= 11 is 0. The quantitative estimate of drug-likeness (QED) is 0.909. The number of para-hydroxylation sites is 1. The highest BCUT2D eigenvalue weighted by atomic mass is 16.5. The van der Waals surface area contributed by atoms with Crippen molar-refractivity contribution >= 4 is 5.91 Å². The van der Waals surface area contributed by atoms with Crippen molar-refractivity contribution in [3.63, 3.8) is 0 Å². The van der Waals surface area contributed by atoms with Gasteiger partial charge in [-0.05, 0) is 31.7 Å². The molecule has 3 rings (SSSR count). The van der Waals surface area contributed by atoms with Gasteiger partial charge in [0, 0.05) is 24.6 Å². The molecule has 0 saturated heterocycles. The summed E-state index contributed by atoms with van der Waals surface area (Å²) in [5, 5.41) is 9.85. The molecule has 1 aromatic carbocycles. The van der Waals surface area contributed by atoms with Crippen LogP contribution in [0.15, 0.2) is 18.2 Å².